The van der Waals surface area contributed by atoms with Gasteiger partial charge in [0.25, 0.3) is 0 Å². The average molecular weight is 557 g/mol. The third-order valence-electron chi connectivity index (χ3n) is 8.77. The second-order valence-electron chi connectivity index (χ2n) is 11.6. The summed E-state index contributed by atoms with van der Waals surface area (Å²) in [6.07, 6.45) is 1.89. The molecule has 0 unspecified atom stereocenters. The first-order valence-corrected chi connectivity index (χ1v) is 14.8. The summed E-state index contributed by atoms with van der Waals surface area (Å²) in [7, 11) is 2.16. The van der Waals surface area contributed by atoms with E-state index < -0.39 is 0 Å². The topological polar surface area (TPSA) is 24.3 Å². The SMILES string of the molecule is Cc1cc(-c2ccccc2)cc(C)c1-c1cc(N2CN(C)c3ccccc32)cc(-n2c3ccccc3c3cccnc32)c1. The molecule has 0 N–H and O–H groups in total. The lowest BCUT2D eigenvalue weighted by Gasteiger charge is -2.23. The maximum absolute atomic E-state index is 4.89. The van der Waals surface area contributed by atoms with Crippen LogP contribution in [0.2, 0.25) is 0 Å². The molecule has 0 fully saturated rings. The number of pyridine rings is 1. The first kappa shape index (κ1) is 25.4. The fourth-order valence-corrected chi connectivity index (χ4v) is 6.90. The third kappa shape index (κ3) is 4.10. The van der Waals surface area contributed by atoms with Gasteiger partial charge in [-0.25, -0.2) is 4.98 Å². The van der Waals surface area contributed by atoms with Crippen LogP contribution in [0.1, 0.15) is 11.1 Å². The standard InChI is InChI=1S/C39H32N4/c1-26-20-29(28-12-5-4-6-13-28)21-27(2)38(26)30-22-31(42-25-41(3)36-17-9-10-18-37(36)42)24-32(23-30)43-35-16-8-7-14-33(35)34-15-11-19-40-39(34)43/h4-24H,25H2,1-3H3. The summed E-state index contributed by atoms with van der Waals surface area (Å²) in [5.74, 6) is 0. The van der Waals surface area contributed by atoms with Gasteiger partial charge in [-0.3, -0.25) is 4.57 Å². The maximum Gasteiger partial charge on any atom is 0.145 e. The van der Waals surface area contributed by atoms with Crippen LogP contribution in [0.4, 0.5) is 17.1 Å². The number of hydrogen-bond donors (Lipinski definition) is 0. The number of para-hydroxylation sites is 3. The first-order valence-electron chi connectivity index (χ1n) is 14.8. The number of benzene rings is 5. The van der Waals surface area contributed by atoms with Crippen molar-refractivity contribution in [2.45, 2.75) is 13.8 Å². The summed E-state index contributed by atoms with van der Waals surface area (Å²) in [5.41, 5.74) is 14.4. The van der Waals surface area contributed by atoms with Crippen molar-refractivity contribution in [3.63, 3.8) is 0 Å². The molecule has 0 amide bonds. The summed E-state index contributed by atoms with van der Waals surface area (Å²) in [6, 6.07) is 43.8. The molecule has 0 saturated carbocycles. The number of anilines is 3. The van der Waals surface area contributed by atoms with E-state index in [9.17, 15) is 0 Å². The Kier molecular flexibility index (Phi) is 5.83. The third-order valence-corrected chi connectivity index (χ3v) is 8.77. The van der Waals surface area contributed by atoms with Crippen LogP contribution in [0.5, 0.6) is 0 Å². The quantitative estimate of drug-likeness (QED) is 0.216. The Morgan fingerprint density at radius 3 is 2.07 bits per heavy atom. The lowest BCUT2D eigenvalue weighted by molar-refractivity contribution is 0.948. The van der Waals surface area contributed by atoms with E-state index in [0.717, 1.165) is 34.6 Å². The van der Waals surface area contributed by atoms with E-state index in [2.05, 4.69) is 151 Å². The molecule has 43 heavy (non-hydrogen) atoms. The van der Waals surface area contributed by atoms with Crippen molar-refractivity contribution in [3.8, 4) is 27.9 Å². The average Bonchev–Trinajstić information content (AvgIpc) is 3.56. The van der Waals surface area contributed by atoms with Gasteiger partial charge in [-0.05, 0) is 95.8 Å². The zero-order valence-electron chi connectivity index (χ0n) is 24.6. The number of hydrogen-bond acceptors (Lipinski definition) is 3. The zero-order valence-corrected chi connectivity index (χ0v) is 24.6. The molecule has 0 radical (unpaired) electrons. The number of nitrogens with zero attached hydrogens (tertiary/aromatic N) is 4. The molecule has 7 aromatic rings. The van der Waals surface area contributed by atoms with E-state index >= 15 is 0 Å². The molecule has 3 heterocycles. The minimum absolute atomic E-state index is 0.790. The summed E-state index contributed by atoms with van der Waals surface area (Å²) in [6.45, 7) is 5.27. The number of fused-ring (bicyclic) bond motifs is 4. The molecule has 2 aromatic heterocycles. The predicted molar refractivity (Wildman–Crippen MR) is 181 cm³/mol. The second kappa shape index (κ2) is 9.88. The first-order chi connectivity index (χ1) is 21.1. The van der Waals surface area contributed by atoms with E-state index in [1.54, 1.807) is 0 Å². The van der Waals surface area contributed by atoms with E-state index in [1.165, 1.54) is 50.1 Å². The van der Waals surface area contributed by atoms with Crippen molar-refractivity contribution in [3.05, 3.63) is 139 Å². The molecule has 8 rings (SSSR count). The van der Waals surface area contributed by atoms with Crippen molar-refractivity contribution in [2.24, 2.45) is 0 Å². The smallest absolute Gasteiger partial charge is 0.145 e. The molecule has 1 aliphatic rings. The van der Waals surface area contributed by atoms with Gasteiger partial charge in [0.1, 0.15) is 5.65 Å². The summed E-state index contributed by atoms with van der Waals surface area (Å²) in [4.78, 5) is 9.63. The largest absolute Gasteiger partial charge is 0.355 e. The highest BCUT2D eigenvalue weighted by atomic mass is 15.4. The highest BCUT2D eigenvalue weighted by Gasteiger charge is 2.26. The van der Waals surface area contributed by atoms with Gasteiger partial charge < -0.3 is 9.80 Å². The van der Waals surface area contributed by atoms with Gasteiger partial charge >= 0.3 is 0 Å². The summed E-state index contributed by atoms with van der Waals surface area (Å²) < 4.78 is 2.33. The minimum atomic E-state index is 0.790. The van der Waals surface area contributed by atoms with Gasteiger partial charge in [-0.15, -0.1) is 0 Å². The molecular formula is C39H32N4. The van der Waals surface area contributed by atoms with Gasteiger partial charge in [0.15, 0.2) is 0 Å². The highest BCUT2D eigenvalue weighted by Crippen LogP contribution is 2.43. The Bertz CT molecular complexity index is 2080. The van der Waals surface area contributed by atoms with Gasteiger partial charge in [0, 0.05) is 29.7 Å². The molecule has 0 atom stereocenters. The van der Waals surface area contributed by atoms with Crippen LogP contribution < -0.4 is 9.80 Å². The van der Waals surface area contributed by atoms with Crippen LogP contribution in [0.25, 0.3) is 49.9 Å². The van der Waals surface area contributed by atoms with E-state index in [4.69, 9.17) is 4.98 Å². The lowest BCUT2D eigenvalue weighted by Crippen LogP contribution is -2.24. The zero-order chi connectivity index (χ0) is 29.1. The molecular weight excluding hydrogens is 524 g/mol. The Balaban J connectivity index is 1.39. The highest BCUT2D eigenvalue weighted by molar-refractivity contribution is 6.08. The van der Waals surface area contributed by atoms with E-state index in [1.807, 2.05) is 12.3 Å². The maximum atomic E-state index is 4.89. The second-order valence-corrected chi connectivity index (χ2v) is 11.6. The molecule has 0 bridgehead atoms. The molecule has 208 valence electrons. The van der Waals surface area contributed by atoms with Gasteiger partial charge in [-0.2, -0.15) is 0 Å². The van der Waals surface area contributed by atoms with Crippen LogP contribution >= 0.6 is 0 Å². The molecule has 0 saturated heterocycles. The van der Waals surface area contributed by atoms with E-state index in [-0.39, 0.29) is 0 Å². The number of rotatable bonds is 4. The van der Waals surface area contributed by atoms with Crippen LogP contribution in [-0.4, -0.2) is 23.3 Å². The van der Waals surface area contributed by atoms with Crippen molar-refractivity contribution in [1.82, 2.24) is 9.55 Å². The Hall–Kier alpha value is -5.35. The molecule has 4 heteroatoms. The van der Waals surface area contributed by atoms with Crippen LogP contribution in [0, 0.1) is 13.8 Å². The number of aromatic nitrogens is 2. The minimum Gasteiger partial charge on any atom is -0.355 e. The summed E-state index contributed by atoms with van der Waals surface area (Å²) in [5, 5.41) is 2.37. The van der Waals surface area contributed by atoms with Crippen LogP contribution in [0.15, 0.2) is 128 Å². The molecule has 0 aliphatic carbocycles. The molecule has 1 aliphatic heterocycles. The fourth-order valence-electron chi connectivity index (χ4n) is 6.90. The van der Waals surface area contributed by atoms with Crippen LogP contribution in [-0.2, 0) is 0 Å². The van der Waals surface area contributed by atoms with Crippen LogP contribution in [0.3, 0.4) is 0 Å². The van der Waals surface area contributed by atoms with Crippen molar-refractivity contribution in [2.75, 3.05) is 23.5 Å². The van der Waals surface area contributed by atoms with E-state index in [0.29, 0.717) is 0 Å². The molecule has 0 spiro atoms. The Morgan fingerprint density at radius 1 is 0.581 bits per heavy atom. The Morgan fingerprint density at radius 2 is 1.26 bits per heavy atom. The predicted octanol–water partition coefficient (Wildman–Crippen LogP) is 9.67. The van der Waals surface area contributed by atoms with Crippen molar-refractivity contribution >= 4 is 39.0 Å². The monoisotopic (exact) mass is 556 g/mol. The molecule has 5 aromatic carbocycles. The lowest BCUT2D eigenvalue weighted by atomic mass is 9.91. The van der Waals surface area contributed by atoms with Gasteiger partial charge in [0.2, 0.25) is 0 Å². The van der Waals surface area contributed by atoms with Crippen molar-refractivity contribution in [1.29, 1.82) is 0 Å². The Labute approximate surface area is 252 Å². The molecule has 4 nitrogen and oxygen atoms in total. The fraction of sp³-hybridized carbons (Fsp3) is 0.103. The normalized spacial score (nSPS) is 12.8. The van der Waals surface area contributed by atoms with Crippen molar-refractivity contribution < 1.29 is 0 Å². The van der Waals surface area contributed by atoms with Gasteiger partial charge in [-0.1, -0.05) is 72.8 Å². The number of aryl methyl sites for hydroxylation is 2. The summed E-state index contributed by atoms with van der Waals surface area (Å²) >= 11 is 0. The van der Waals surface area contributed by atoms with Gasteiger partial charge in [0.05, 0.1) is 29.2 Å².